The third-order valence-corrected chi connectivity index (χ3v) is 1.48. The van der Waals surface area contributed by atoms with Gasteiger partial charge < -0.3 is 9.47 Å². The zero-order valence-corrected chi connectivity index (χ0v) is 6.66. The van der Waals surface area contributed by atoms with Gasteiger partial charge in [-0.15, -0.1) is 0 Å². The van der Waals surface area contributed by atoms with Gasteiger partial charge in [-0.25, -0.2) is 9.79 Å². The Morgan fingerprint density at radius 3 is 3.09 bits per heavy atom. The molecule has 11 heavy (non-hydrogen) atoms. The number of nitrogens with zero attached hydrogens (tertiary/aromatic N) is 1. The standard InChI is InChI=1S/C7H11NO3/c1-3-6-8-5(4-11-6)7(9)10-2/h5H,3-4H2,1-2H3/t5-/m1/s1. The van der Waals surface area contributed by atoms with E-state index < -0.39 is 6.04 Å². The van der Waals surface area contributed by atoms with Crippen LogP contribution in [0.2, 0.25) is 0 Å². The predicted octanol–water partition coefficient (Wildman–Crippen LogP) is 0.367. The highest BCUT2D eigenvalue weighted by molar-refractivity contribution is 5.85. The molecular weight excluding hydrogens is 146 g/mol. The lowest BCUT2D eigenvalue weighted by Crippen LogP contribution is -2.21. The zero-order chi connectivity index (χ0) is 8.27. The van der Waals surface area contributed by atoms with Crippen LogP contribution in [0, 0.1) is 0 Å². The van der Waals surface area contributed by atoms with Crippen LogP contribution in [0.5, 0.6) is 0 Å². The number of rotatable bonds is 2. The first kappa shape index (κ1) is 8.04. The molecule has 0 bridgehead atoms. The molecule has 0 spiro atoms. The molecule has 0 saturated heterocycles. The molecule has 0 saturated carbocycles. The van der Waals surface area contributed by atoms with Crippen molar-refractivity contribution in [3.8, 4) is 0 Å². The molecule has 1 aliphatic rings. The van der Waals surface area contributed by atoms with Crippen LogP contribution in [-0.2, 0) is 14.3 Å². The van der Waals surface area contributed by atoms with E-state index in [9.17, 15) is 4.79 Å². The van der Waals surface area contributed by atoms with Crippen molar-refractivity contribution in [3.63, 3.8) is 0 Å². The summed E-state index contributed by atoms with van der Waals surface area (Å²) >= 11 is 0. The van der Waals surface area contributed by atoms with Gasteiger partial charge in [-0.05, 0) is 0 Å². The Labute approximate surface area is 65.2 Å². The summed E-state index contributed by atoms with van der Waals surface area (Å²) in [6.07, 6.45) is 0.730. The first-order valence-electron chi connectivity index (χ1n) is 3.55. The quantitative estimate of drug-likeness (QED) is 0.544. The van der Waals surface area contributed by atoms with Gasteiger partial charge in [0.25, 0.3) is 0 Å². The SMILES string of the molecule is CCC1=N[C@@H](C(=O)OC)CO1. The number of carbonyl (C=O) groups excluding carboxylic acids is 1. The number of hydrogen-bond acceptors (Lipinski definition) is 4. The van der Waals surface area contributed by atoms with E-state index in [1.807, 2.05) is 6.92 Å². The van der Waals surface area contributed by atoms with E-state index in [2.05, 4.69) is 9.73 Å². The van der Waals surface area contributed by atoms with Crippen LogP contribution in [-0.4, -0.2) is 31.6 Å². The second kappa shape index (κ2) is 3.37. The number of ether oxygens (including phenoxy) is 2. The highest BCUT2D eigenvalue weighted by atomic mass is 16.5. The monoisotopic (exact) mass is 157 g/mol. The fourth-order valence-electron chi connectivity index (χ4n) is 0.874. The lowest BCUT2D eigenvalue weighted by Gasteiger charge is -2.00. The minimum atomic E-state index is -0.435. The van der Waals surface area contributed by atoms with E-state index >= 15 is 0 Å². The molecule has 0 aromatic carbocycles. The summed E-state index contributed by atoms with van der Waals surface area (Å²) in [5.41, 5.74) is 0. The lowest BCUT2D eigenvalue weighted by atomic mass is 10.3. The highest BCUT2D eigenvalue weighted by Gasteiger charge is 2.25. The number of methoxy groups -OCH3 is 1. The van der Waals surface area contributed by atoms with Crippen LogP contribution in [0.4, 0.5) is 0 Å². The van der Waals surface area contributed by atoms with Crippen molar-refractivity contribution in [1.29, 1.82) is 0 Å². The molecule has 0 fully saturated rings. The van der Waals surface area contributed by atoms with Crippen LogP contribution in [0.15, 0.2) is 4.99 Å². The third-order valence-electron chi connectivity index (χ3n) is 1.48. The van der Waals surface area contributed by atoms with Gasteiger partial charge >= 0.3 is 5.97 Å². The molecule has 1 aliphatic heterocycles. The van der Waals surface area contributed by atoms with Gasteiger partial charge in [0, 0.05) is 6.42 Å². The van der Waals surface area contributed by atoms with Crippen LogP contribution < -0.4 is 0 Å². The third kappa shape index (κ3) is 1.69. The summed E-state index contributed by atoms with van der Waals surface area (Å²) in [4.78, 5) is 14.9. The molecule has 4 nitrogen and oxygen atoms in total. The minimum absolute atomic E-state index is 0.326. The maximum atomic E-state index is 10.9. The molecule has 1 atom stereocenters. The Hall–Kier alpha value is -1.06. The Morgan fingerprint density at radius 2 is 2.64 bits per heavy atom. The van der Waals surface area contributed by atoms with Gasteiger partial charge in [0.2, 0.25) is 0 Å². The largest absolute Gasteiger partial charge is 0.478 e. The minimum Gasteiger partial charge on any atom is -0.478 e. The van der Waals surface area contributed by atoms with Crippen LogP contribution in [0.25, 0.3) is 0 Å². The normalized spacial score (nSPS) is 22.4. The molecule has 0 N–H and O–H groups in total. The molecule has 0 aromatic rings. The van der Waals surface area contributed by atoms with Gasteiger partial charge in [0.15, 0.2) is 11.9 Å². The van der Waals surface area contributed by atoms with Crippen molar-refractivity contribution >= 4 is 11.9 Å². The van der Waals surface area contributed by atoms with Gasteiger partial charge in [0.1, 0.15) is 6.61 Å². The van der Waals surface area contributed by atoms with E-state index in [1.54, 1.807) is 0 Å². The van der Waals surface area contributed by atoms with E-state index in [4.69, 9.17) is 4.74 Å². The molecule has 0 aromatic heterocycles. The molecule has 0 amide bonds. The van der Waals surface area contributed by atoms with E-state index in [0.29, 0.717) is 12.5 Å². The maximum absolute atomic E-state index is 10.9. The fraction of sp³-hybridized carbons (Fsp3) is 0.714. The van der Waals surface area contributed by atoms with Crippen LogP contribution in [0.1, 0.15) is 13.3 Å². The topological polar surface area (TPSA) is 47.9 Å². The summed E-state index contributed by atoms with van der Waals surface area (Å²) in [7, 11) is 1.35. The highest BCUT2D eigenvalue weighted by Crippen LogP contribution is 2.07. The summed E-state index contributed by atoms with van der Waals surface area (Å²) in [5, 5.41) is 0. The van der Waals surface area contributed by atoms with Gasteiger partial charge in [-0.3, -0.25) is 0 Å². The van der Waals surface area contributed by atoms with Crippen LogP contribution >= 0.6 is 0 Å². The zero-order valence-electron chi connectivity index (χ0n) is 6.66. The molecule has 62 valence electrons. The molecule has 1 heterocycles. The summed E-state index contributed by atoms with van der Waals surface area (Å²) in [6, 6.07) is -0.435. The lowest BCUT2D eigenvalue weighted by molar-refractivity contribution is -0.142. The molecule has 4 heteroatoms. The number of esters is 1. The Balaban J connectivity index is 2.52. The molecule has 0 aliphatic carbocycles. The number of hydrogen-bond donors (Lipinski definition) is 0. The van der Waals surface area contributed by atoms with Crippen molar-refractivity contribution in [2.45, 2.75) is 19.4 Å². The molecular formula is C7H11NO3. The van der Waals surface area contributed by atoms with Crippen LogP contribution in [0.3, 0.4) is 0 Å². The second-order valence-corrected chi connectivity index (χ2v) is 2.23. The molecule has 0 radical (unpaired) electrons. The van der Waals surface area contributed by atoms with Crippen molar-refractivity contribution in [1.82, 2.24) is 0 Å². The second-order valence-electron chi connectivity index (χ2n) is 2.23. The Bertz CT molecular complexity index is 188. The first-order chi connectivity index (χ1) is 5.27. The summed E-state index contributed by atoms with van der Waals surface area (Å²) in [6.45, 7) is 2.26. The summed E-state index contributed by atoms with van der Waals surface area (Å²) < 4.78 is 9.59. The van der Waals surface area contributed by atoms with Gasteiger partial charge in [-0.1, -0.05) is 6.92 Å². The van der Waals surface area contributed by atoms with Gasteiger partial charge in [-0.2, -0.15) is 0 Å². The van der Waals surface area contributed by atoms with Gasteiger partial charge in [0.05, 0.1) is 7.11 Å². The first-order valence-corrected chi connectivity index (χ1v) is 3.55. The Morgan fingerprint density at radius 1 is 1.91 bits per heavy atom. The Kier molecular flexibility index (Phi) is 2.46. The fourth-order valence-corrected chi connectivity index (χ4v) is 0.874. The van der Waals surface area contributed by atoms with E-state index in [1.165, 1.54) is 7.11 Å². The smallest absolute Gasteiger partial charge is 0.334 e. The maximum Gasteiger partial charge on any atom is 0.334 e. The van der Waals surface area contributed by atoms with E-state index in [-0.39, 0.29) is 5.97 Å². The van der Waals surface area contributed by atoms with E-state index in [0.717, 1.165) is 6.42 Å². The van der Waals surface area contributed by atoms with Crippen molar-refractivity contribution in [2.75, 3.05) is 13.7 Å². The predicted molar refractivity (Wildman–Crippen MR) is 39.5 cm³/mol. The number of carbonyl (C=O) groups is 1. The van der Waals surface area contributed by atoms with Crippen molar-refractivity contribution in [2.24, 2.45) is 4.99 Å². The molecule has 0 unspecified atom stereocenters. The van der Waals surface area contributed by atoms with Crippen molar-refractivity contribution < 1.29 is 14.3 Å². The molecule has 1 rings (SSSR count). The van der Waals surface area contributed by atoms with Crippen molar-refractivity contribution in [3.05, 3.63) is 0 Å². The average molecular weight is 157 g/mol. The average Bonchev–Trinajstić information content (AvgIpc) is 2.50. The number of aliphatic imine (C=N–C) groups is 1. The summed E-state index contributed by atoms with van der Waals surface area (Å²) in [5.74, 6) is 0.314.